The first-order chi connectivity index (χ1) is 10.0. The molecule has 1 heterocycles. The molecule has 5 nitrogen and oxygen atoms in total. The Kier molecular flexibility index (Phi) is 5.61. The van der Waals surface area contributed by atoms with E-state index in [1.165, 1.54) is 6.42 Å². The van der Waals surface area contributed by atoms with E-state index in [-0.39, 0.29) is 4.90 Å². The minimum absolute atomic E-state index is 0.221. The van der Waals surface area contributed by atoms with Gasteiger partial charge in [-0.2, -0.15) is 0 Å². The Bertz CT molecular complexity index is 554. The van der Waals surface area contributed by atoms with Crippen LogP contribution in [-0.2, 0) is 10.0 Å². The van der Waals surface area contributed by atoms with E-state index in [4.69, 9.17) is 5.14 Å². The molecule has 1 aromatic rings. The van der Waals surface area contributed by atoms with Crippen LogP contribution >= 0.6 is 0 Å². The molecule has 0 bridgehead atoms. The minimum Gasteiger partial charge on any atom is -0.369 e. The molecular formula is C15H25N3O2S. The second-order valence-corrected chi connectivity index (χ2v) is 7.14. The van der Waals surface area contributed by atoms with Gasteiger partial charge in [0.25, 0.3) is 0 Å². The summed E-state index contributed by atoms with van der Waals surface area (Å²) in [5.41, 5.74) is 0.724. The number of benzene rings is 1. The molecule has 1 aliphatic heterocycles. The summed E-state index contributed by atoms with van der Waals surface area (Å²) in [6, 6.07) is 7.45. The molecule has 1 atom stereocenters. The molecule has 1 aromatic carbocycles. The molecule has 21 heavy (non-hydrogen) atoms. The SMILES string of the molecule is CCCCN(CC1CCCN1)c1ccccc1S(N)(=O)=O. The third-order valence-electron chi connectivity index (χ3n) is 3.90. The number of hydrogen-bond acceptors (Lipinski definition) is 4. The Morgan fingerprint density at radius 3 is 2.76 bits per heavy atom. The number of unbranched alkanes of at least 4 members (excludes halogenated alkanes) is 1. The van der Waals surface area contributed by atoms with Crippen molar-refractivity contribution in [2.24, 2.45) is 5.14 Å². The van der Waals surface area contributed by atoms with E-state index in [1.807, 2.05) is 12.1 Å². The summed E-state index contributed by atoms with van der Waals surface area (Å²) in [7, 11) is -3.70. The molecule has 0 radical (unpaired) electrons. The van der Waals surface area contributed by atoms with Crippen molar-refractivity contribution in [3.63, 3.8) is 0 Å². The van der Waals surface area contributed by atoms with Crippen LogP contribution in [0.25, 0.3) is 0 Å². The molecule has 0 aromatic heterocycles. The number of para-hydroxylation sites is 1. The second kappa shape index (κ2) is 7.24. The van der Waals surface area contributed by atoms with Crippen molar-refractivity contribution in [3.05, 3.63) is 24.3 Å². The normalized spacial score (nSPS) is 18.9. The van der Waals surface area contributed by atoms with Crippen LogP contribution in [-0.4, -0.2) is 34.1 Å². The first kappa shape index (κ1) is 16.3. The maximum atomic E-state index is 11.8. The molecule has 6 heteroatoms. The van der Waals surface area contributed by atoms with Gasteiger partial charge in [-0.05, 0) is 37.9 Å². The van der Waals surface area contributed by atoms with Crippen LogP contribution in [0.15, 0.2) is 29.2 Å². The van der Waals surface area contributed by atoms with Gasteiger partial charge in [-0.15, -0.1) is 0 Å². The van der Waals surface area contributed by atoms with Gasteiger partial charge in [0.15, 0.2) is 0 Å². The number of primary sulfonamides is 1. The lowest BCUT2D eigenvalue weighted by atomic mass is 10.2. The predicted molar refractivity (Wildman–Crippen MR) is 86.0 cm³/mol. The summed E-state index contributed by atoms with van der Waals surface area (Å²) >= 11 is 0. The van der Waals surface area contributed by atoms with E-state index < -0.39 is 10.0 Å². The molecule has 118 valence electrons. The van der Waals surface area contributed by atoms with Crippen molar-refractivity contribution in [2.75, 3.05) is 24.5 Å². The Labute approximate surface area is 127 Å². The van der Waals surface area contributed by atoms with Gasteiger partial charge in [0.1, 0.15) is 4.90 Å². The quantitative estimate of drug-likeness (QED) is 0.803. The van der Waals surface area contributed by atoms with Crippen LogP contribution < -0.4 is 15.4 Å². The summed E-state index contributed by atoms with van der Waals surface area (Å²) < 4.78 is 23.6. The Morgan fingerprint density at radius 2 is 2.14 bits per heavy atom. The number of nitrogens with zero attached hydrogens (tertiary/aromatic N) is 1. The van der Waals surface area contributed by atoms with Gasteiger partial charge in [-0.1, -0.05) is 25.5 Å². The van der Waals surface area contributed by atoms with E-state index in [0.717, 1.165) is 44.6 Å². The number of nitrogens with two attached hydrogens (primary N) is 1. The maximum Gasteiger partial charge on any atom is 0.240 e. The molecule has 3 N–H and O–H groups in total. The fourth-order valence-corrected chi connectivity index (χ4v) is 3.55. The zero-order chi connectivity index (χ0) is 15.3. The highest BCUT2D eigenvalue weighted by Gasteiger charge is 2.22. The Balaban J connectivity index is 2.27. The largest absolute Gasteiger partial charge is 0.369 e. The van der Waals surface area contributed by atoms with Gasteiger partial charge >= 0.3 is 0 Å². The van der Waals surface area contributed by atoms with E-state index in [0.29, 0.717) is 6.04 Å². The molecular weight excluding hydrogens is 286 g/mol. The highest BCUT2D eigenvalue weighted by molar-refractivity contribution is 7.89. The van der Waals surface area contributed by atoms with Crippen molar-refractivity contribution in [3.8, 4) is 0 Å². The van der Waals surface area contributed by atoms with Crippen molar-refractivity contribution in [1.29, 1.82) is 0 Å². The molecule has 1 aliphatic rings. The average molecular weight is 311 g/mol. The molecule has 1 saturated heterocycles. The van der Waals surface area contributed by atoms with Crippen LogP contribution in [0.3, 0.4) is 0 Å². The van der Waals surface area contributed by atoms with Gasteiger partial charge in [-0.3, -0.25) is 0 Å². The van der Waals surface area contributed by atoms with E-state index >= 15 is 0 Å². The summed E-state index contributed by atoms with van der Waals surface area (Å²) in [6.07, 6.45) is 4.43. The minimum atomic E-state index is -3.70. The topological polar surface area (TPSA) is 75.4 Å². The number of anilines is 1. The van der Waals surface area contributed by atoms with Gasteiger partial charge < -0.3 is 10.2 Å². The molecule has 1 fully saturated rings. The average Bonchev–Trinajstić information content (AvgIpc) is 2.95. The number of nitrogens with one attached hydrogen (secondary N) is 1. The van der Waals surface area contributed by atoms with Crippen molar-refractivity contribution >= 4 is 15.7 Å². The number of hydrogen-bond donors (Lipinski definition) is 2. The van der Waals surface area contributed by atoms with Crippen LogP contribution in [0.2, 0.25) is 0 Å². The molecule has 0 saturated carbocycles. The lowest BCUT2D eigenvalue weighted by molar-refractivity contribution is 0.567. The first-order valence-corrected chi connectivity index (χ1v) is 9.17. The molecule has 1 unspecified atom stereocenters. The molecule has 0 amide bonds. The van der Waals surface area contributed by atoms with Gasteiger partial charge in [-0.25, -0.2) is 13.6 Å². The third-order valence-corrected chi connectivity index (χ3v) is 4.86. The predicted octanol–water partition coefficient (Wildman–Crippen LogP) is 1.69. The number of rotatable bonds is 7. The van der Waals surface area contributed by atoms with Crippen LogP contribution in [0.1, 0.15) is 32.6 Å². The van der Waals surface area contributed by atoms with Crippen molar-refractivity contribution in [2.45, 2.75) is 43.5 Å². The lowest BCUT2D eigenvalue weighted by Gasteiger charge is -2.29. The van der Waals surface area contributed by atoms with E-state index in [9.17, 15) is 8.42 Å². The van der Waals surface area contributed by atoms with Crippen LogP contribution in [0.5, 0.6) is 0 Å². The Morgan fingerprint density at radius 1 is 1.38 bits per heavy atom. The van der Waals surface area contributed by atoms with Crippen molar-refractivity contribution in [1.82, 2.24) is 5.32 Å². The van der Waals surface area contributed by atoms with Gasteiger partial charge in [0.2, 0.25) is 10.0 Å². The fraction of sp³-hybridized carbons (Fsp3) is 0.600. The van der Waals surface area contributed by atoms with E-state index in [1.54, 1.807) is 12.1 Å². The Hall–Kier alpha value is -1.11. The zero-order valence-electron chi connectivity index (χ0n) is 12.6. The molecule has 0 aliphatic carbocycles. The summed E-state index contributed by atoms with van der Waals surface area (Å²) in [5.74, 6) is 0. The monoisotopic (exact) mass is 311 g/mol. The number of sulfonamides is 1. The smallest absolute Gasteiger partial charge is 0.240 e. The summed E-state index contributed by atoms with van der Waals surface area (Å²) in [4.78, 5) is 2.38. The zero-order valence-corrected chi connectivity index (χ0v) is 13.4. The first-order valence-electron chi connectivity index (χ1n) is 7.62. The van der Waals surface area contributed by atoms with Crippen LogP contribution in [0.4, 0.5) is 5.69 Å². The highest BCUT2D eigenvalue weighted by Crippen LogP contribution is 2.25. The summed E-state index contributed by atoms with van der Waals surface area (Å²) in [6.45, 7) is 4.86. The van der Waals surface area contributed by atoms with E-state index in [2.05, 4.69) is 17.1 Å². The maximum absolute atomic E-state index is 11.8. The van der Waals surface area contributed by atoms with Crippen molar-refractivity contribution < 1.29 is 8.42 Å². The standard InChI is InChI=1S/C15H25N3O2S/c1-2-3-11-18(12-13-7-6-10-17-13)14-8-4-5-9-15(14)21(16,19)20/h4-5,8-9,13,17H,2-3,6-7,10-12H2,1H3,(H2,16,19,20). The lowest BCUT2D eigenvalue weighted by Crippen LogP contribution is -2.39. The summed E-state index contributed by atoms with van der Waals surface area (Å²) in [5, 5.41) is 8.83. The van der Waals surface area contributed by atoms with Gasteiger partial charge in [0, 0.05) is 19.1 Å². The van der Waals surface area contributed by atoms with Crippen LogP contribution in [0, 0.1) is 0 Å². The molecule has 0 spiro atoms. The second-order valence-electron chi connectivity index (χ2n) is 5.61. The highest BCUT2D eigenvalue weighted by atomic mass is 32.2. The van der Waals surface area contributed by atoms with Gasteiger partial charge in [0.05, 0.1) is 5.69 Å². The fourth-order valence-electron chi connectivity index (χ4n) is 2.80. The third kappa shape index (κ3) is 4.43. The molecule has 2 rings (SSSR count).